The van der Waals surface area contributed by atoms with Crippen molar-refractivity contribution < 1.29 is 13.2 Å². The van der Waals surface area contributed by atoms with Crippen LogP contribution in [0.4, 0.5) is 0 Å². The number of hydrogen-bond donors (Lipinski definition) is 1. The lowest BCUT2D eigenvalue weighted by Gasteiger charge is -2.16. The summed E-state index contributed by atoms with van der Waals surface area (Å²) in [5, 5.41) is 4.27. The van der Waals surface area contributed by atoms with Crippen LogP contribution in [0.3, 0.4) is 0 Å². The van der Waals surface area contributed by atoms with E-state index in [-0.39, 0.29) is 18.9 Å². The van der Waals surface area contributed by atoms with Crippen LogP contribution in [-0.4, -0.2) is 47.1 Å². The molecule has 1 amide bonds. The highest BCUT2D eigenvalue weighted by Crippen LogP contribution is 2.16. The van der Waals surface area contributed by atoms with E-state index >= 15 is 0 Å². The van der Waals surface area contributed by atoms with Crippen molar-refractivity contribution in [3.05, 3.63) is 18.7 Å². The largest absolute Gasteiger partial charge is 0.339 e. The lowest BCUT2D eigenvalue weighted by Crippen LogP contribution is -2.33. The molecule has 0 bridgehead atoms. The summed E-state index contributed by atoms with van der Waals surface area (Å²) in [6, 6.07) is 0. The Kier molecular flexibility index (Phi) is 3.16. The average Bonchev–Trinajstić information content (AvgIpc) is 2.83. The Bertz CT molecular complexity index is 496. The van der Waals surface area contributed by atoms with Gasteiger partial charge < -0.3 is 9.47 Å². The molecule has 1 aromatic rings. The second kappa shape index (κ2) is 4.46. The van der Waals surface area contributed by atoms with Gasteiger partial charge in [0.15, 0.2) is 0 Å². The minimum Gasteiger partial charge on any atom is -0.339 e. The number of primary sulfonamides is 1. The van der Waals surface area contributed by atoms with Crippen molar-refractivity contribution in [3.63, 3.8) is 0 Å². The highest BCUT2D eigenvalue weighted by Gasteiger charge is 2.35. The van der Waals surface area contributed by atoms with E-state index in [1.807, 2.05) is 4.57 Å². The third kappa shape index (κ3) is 2.83. The number of sulfonamides is 1. The maximum Gasteiger partial charge on any atom is 0.224 e. The summed E-state index contributed by atoms with van der Waals surface area (Å²) >= 11 is 0. The quantitative estimate of drug-likeness (QED) is 0.731. The van der Waals surface area contributed by atoms with Gasteiger partial charge in [-0.3, -0.25) is 4.79 Å². The first-order chi connectivity index (χ1) is 7.97. The van der Waals surface area contributed by atoms with Gasteiger partial charge in [-0.2, -0.15) is 0 Å². The molecule has 2 N–H and O–H groups in total. The van der Waals surface area contributed by atoms with Gasteiger partial charge in [0.25, 0.3) is 0 Å². The zero-order valence-corrected chi connectivity index (χ0v) is 10.0. The predicted octanol–water partition coefficient (Wildman–Crippen LogP) is -1.23. The van der Waals surface area contributed by atoms with E-state index < -0.39 is 15.3 Å². The molecule has 0 spiro atoms. The standard InChI is InChI=1S/C9H14N4O3S/c10-17(15,16)8-5-9(14)13(6-8)4-3-12-2-1-11-7-12/h1-2,7-8H,3-6H2,(H2,10,15,16). The molecule has 0 aromatic carbocycles. The van der Waals surface area contributed by atoms with E-state index in [1.54, 1.807) is 18.7 Å². The Morgan fingerprint density at radius 2 is 2.24 bits per heavy atom. The number of carbonyl (C=O) groups excluding carboxylic acids is 1. The zero-order chi connectivity index (χ0) is 12.5. The summed E-state index contributed by atoms with van der Waals surface area (Å²) in [6.45, 7) is 1.26. The summed E-state index contributed by atoms with van der Waals surface area (Å²) in [6.07, 6.45) is 5.08. The van der Waals surface area contributed by atoms with Crippen molar-refractivity contribution in [2.75, 3.05) is 13.1 Å². The molecule has 0 aliphatic carbocycles. The first-order valence-corrected chi connectivity index (χ1v) is 6.83. The maximum absolute atomic E-state index is 11.6. The van der Waals surface area contributed by atoms with Crippen LogP contribution in [-0.2, 0) is 21.4 Å². The van der Waals surface area contributed by atoms with Crippen molar-refractivity contribution in [2.45, 2.75) is 18.2 Å². The fourth-order valence-corrected chi connectivity index (χ4v) is 2.59. The number of nitrogens with zero attached hydrogens (tertiary/aromatic N) is 3. The van der Waals surface area contributed by atoms with E-state index in [2.05, 4.69) is 4.98 Å². The molecule has 7 nitrogen and oxygen atoms in total. The third-order valence-corrected chi connectivity index (χ3v) is 4.08. The molecular weight excluding hydrogens is 244 g/mol. The normalized spacial score (nSPS) is 21.1. The molecule has 1 aromatic heterocycles. The predicted molar refractivity (Wildman–Crippen MR) is 60.3 cm³/mol. The number of carbonyl (C=O) groups is 1. The van der Waals surface area contributed by atoms with Crippen LogP contribution in [0.15, 0.2) is 18.7 Å². The highest BCUT2D eigenvalue weighted by atomic mass is 32.2. The van der Waals surface area contributed by atoms with Gasteiger partial charge >= 0.3 is 0 Å². The number of amides is 1. The summed E-state index contributed by atoms with van der Waals surface area (Å²) in [5.74, 6) is -0.163. The van der Waals surface area contributed by atoms with Crippen molar-refractivity contribution in [1.82, 2.24) is 14.5 Å². The minimum atomic E-state index is -3.62. The molecule has 1 fully saturated rings. The molecule has 2 rings (SSSR count). The number of aromatic nitrogens is 2. The summed E-state index contributed by atoms with van der Waals surface area (Å²) in [4.78, 5) is 17.0. The fraction of sp³-hybridized carbons (Fsp3) is 0.556. The van der Waals surface area contributed by atoms with E-state index in [4.69, 9.17) is 5.14 Å². The van der Waals surface area contributed by atoms with Gasteiger partial charge in [0, 0.05) is 38.4 Å². The number of nitrogens with two attached hydrogens (primary N) is 1. The Labute approximate surface area is 99.3 Å². The molecule has 1 aliphatic rings. The van der Waals surface area contributed by atoms with Crippen molar-refractivity contribution in [3.8, 4) is 0 Å². The van der Waals surface area contributed by atoms with E-state index in [9.17, 15) is 13.2 Å². The molecule has 0 radical (unpaired) electrons. The van der Waals surface area contributed by atoms with Crippen LogP contribution >= 0.6 is 0 Å². The molecule has 8 heteroatoms. The van der Waals surface area contributed by atoms with Crippen molar-refractivity contribution in [2.24, 2.45) is 5.14 Å². The molecule has 0 saturated carbocycles. The van der Waals surface area contributed by atoms with Crippen molar-refractivity contribution >= 4 is 15.9 Å². The Morgan fingerprint density at radius 3 is 2.76 bits per heavy atom. The molecule has 1 saturated heterocycles. The first-order valence-electron chi connectivity index (χ1n) is 5.22. The fourth-order valence-electron chi connectivity index (χ4n) is 1.83. The lowest BCUT2D eigenvalue weighted by atomic mass is 10.4. The van der Waals surface area contributed by atoms with E-state index in [0.29, 0.717) is 13.1 Å². The SMILES string of the molecule is NS(=O)(=O)C1CC(=O)N(CCn2ccnc2)C1. The van der Waals surface area contributed by atoms with Crippen LogP contribution < -0.4 is 5.14 Å². The van der Waals surface area contributed by atoms with Gasteiger partial charge in [0.05, 0.1) is 6.33 Å². The van der Waals surface area contributed by atoms with Gasteiger partial charge in [0.2, 0.25) is 15.9 Å². The van der Waals surface area contributed by atoms with Crippen LogP contribution in [0.2, 0.25) is 0 Å². The van der Waals surface area contributed by atoms with Gasteiger partial charge in [0.1, 0.15) is 5.25 Å². The number of hydrogen-bond acceptors (Lipinski definition) is 4. The maximum atomic E-state index is 11.6. The van der Waals surface area contributed by atoms with Gasteiger partial charge in [-0.25, -0.2) is 18.5 Å². The van der Waals surface area contributed by atoms with Gasteiger partial charge in [-0.15, -0.1) is 0 Å². The third-order valence-electron chi connectivity index (χ3n) is 2.83. The molecule has 1 unspecified atom stereocenters. The minimum absolute atomic E-state index is 0.0111. The summed E-state index contributed by atoms with van der Waals surface area (Å²) in [5.41, 5.74) is 0. The molecule has 17 heavy (non-hydrogen) atoms. The molecule has 2 heterocycles. The van der Waals surface area contributed by atoms with E-state index in [1.165, 1.54) is 4.90 Å². The van der Waals surface area contributed by atoms with Crippen LogP contribution in [0, 0.1) is 0 Å². The monoisotopic (exact) mass is 258 g/mol. The van der Waals surface area contributed by atoms with Crippen LogP contribution in [0.1, 0.15) is 6.42 Å². The number of rotatable bonds is 4. The molecule has 1 aliphatic heterocycles. The van der Waals surface area contributed by atoms with E-state index in [0.717, 1.165) is 0 Å². The second-order valence-corrected chi connectivity index (χ2v) is 5.90. The lowest BCUT2D eigenvalue weighted by molar-refractivity contribution is -0.127. The topological polar surface area (TPSA) is 98.3 Å². The zero-order valence-electron chi connectivity index (χ0n) is 9.19. The van der Waals surface area contributed by atoms with Gasteiger partial charge in [-0.05, 0) is 0 Å². The molecular formula is C9H14N4O3S. The highest BCUT2D eigenvalue weighted by molar-refractivity contribution is 7.89. The molecule has 94 valence electrons. The summed E-state index contributed by atoms with van der Waals surface area (Å²) < 4.78 is 24.1. The Balaban J connectivity index is 1.93. The first kappa shape index (κ1) is 12.1. The van der Waals surface area contributed by atoms with Gasteiger partial charge in [-0.1, -0.05) is 0 Å². The summed E-state index contributed by atoms with van der Waals surface area (Å²) in [7, 11) is -3.62. The smallest absolute Gasteiger partial charge is 0.224 e. The second-order valence-electron chi connectivity index (χ2n) is 4.06. The van der Waals surface area contributed by atoms with Crippen LogP contribution in [0.5, 0.6) is 0 Å². The number of imidazole rings is 1. The average molecular weight is 258 g/mol. The Morgan fingerprint density at radius 1 is 1.47 bits per heavy atom. The van der Waals surface area contributed by atoms with Crippen molar-refractivity contribution in [1.29, 1.82) is 0 Å². The number of likely N-dealkylation sites (tertiary alicyclic amines) is 1. The Hall–Kier alpha value is -1.41. The molecule has 1 atom stereocenters. The van der Waals surface area contributed by atoms with Crippen LogP contribution in [0.25, 0.3) is 0 Å².